The van der Waals surface area contributed by atoms with E-state index in [1.807, 2.05) is 0 Å². The van der Waals surface area contributed by atoms with Gasteiger partial charge in [0, 0.05) is 36.5 Å². The molecule has 1 aromatic heterocycles. The minimum Gasteiger partial charge on any atom is -0.381 e. The molecule has 3 fully saturated rings. The summed E-state index contributed by atoms with van der Waals surface area (Å²) in [7, 11) is 0. The molecule has 1 aromatic carbocycles. The number of anilines is 1. The normalized spacial score (nSPS) is 23.4. The summed E-state index contributed by atoms with van der Waals surface area (Å²) >= 11 is 0. The number of alkyl halides is 4. The fourth-order valence-corrected chi connectivity index (χ4v) is 5.87. The Labute approximate surface area is 217 Å². The van der Waals surface area contributed by atoms with E-state index >= 15 is 0 Å². The number of carbonyl (C=O) groups is 1. The van der Waals surface area contributed by atoms with Crippen LogP contribution in [-0.4, -0.2) is 47.0 Å². The number of aromatic nitrogens is 1. The molecule has 6 nitrogen and oxygen atoms in total. The van der Waals surface area contributed by atoms with Crippen molar-refractivity contribution in [2.24, 2.45) is 0 Å². The summed E-state index contributed by atoms with van der Waals surface area (Å²) in [6.45, 7) is 3.39. The highest BCUT2D eigenvalue weighted by Crippen LogP contribution is 2.48. The van der Waals surface area contributed by atoms with Crippen LogP contribution in [0.15, 0.2) is 35.3 Å². The number of carbonyl (C=O) groups excluding carboxylic acids is 1. The van der Waals surface area contributed by atoms with E-state index in [4.69, 9.17) is 0 Å². The third-order valence-corrected chi connectivity index (χ3v) is 8.23. The quantitative estimate of drug-likeness (QED) is 0.453. The second-order valence-corrected chi connectivity index (χ2v) is 10.7. The highest BCUT2D eigenvalue weighted by Gasteiger charge is 2.53. The van der Waals surface area contributed by atoms with Gasteiger partial charge in [-0.25, -0.2) is 22.0 Å². The summed E-state index contributed by atoms with van der Waals surface area (Å²) in [6, 6.07) is 4.14. The van der Waals surface area contributed by atoms with Crippen LogP contribution in [0.5, 0.6) is 0 Å². The predicted molar refractivity (Wildman–Crippen MR) is 132 cm³/mol. The Morgan fingerprint density at radius 1 is 1.11 bits per heavy atom. The molecule has 5 rings (SSSR count). The number of nitrogens with zero attached hydrogens (tertiary/aromatic N) is 2. The van der Waals surface area contributed by atoms with Gasteiger partial charge in [0.2, 0.25) is 0 Å². The summed E-state index contributed by atoms with van der Waals surface area (Å²) in [5, 5.41) is 5.91. The van der Waals surface area contributed by atoms with Crippen LogP contribution in [0.2, 0.25) is 0 Å². The zero-order valence-electron chi connectivity index (χ0n) is 21.0. The number of pyridine rings is 1. The van der Waals surface area contributed by atoms with E-state index in [-0.39, 0.29) is 35.7 Å². The number of benzene rings is 1. The van der Waals surface area contributed by atoms with Crippen LogP contribution in [0.25, 0.3) is 0 Å². The number of amides is 1. The first-order valence-corrected chi connectivity index (χ1v) is 13.0. The summed E-state index contributed by atoms with van der Waals surface area (Å²) in [5.74, 6) is -1.84. The van der Waals surface area contributed by atoms with Crippen molar-refractivity contribution in [3.8, 4) is 0 Å². The van der Waals surface area contributed by atoms with Gasteiger partial charge in [-0.1, -0.05) is 18.2 Å². The number of piperidine rings is 1. The lowest BCUT2D eigenvalue weighted by Gasteiger charge is -2.36. The Bertz CT molecular complexity index is 1260. The number of nitrogens with one attached hydrogen (secondary N) is 2. The molecule has 2 N–H and O–H groups in total. The van der Waals surface area contributed by atoms with E-state index in [2.05, 4.69) is 15.5 Å². The monoisotopic (exact) mass is 538 g/mol. The van der Waals surface area contributed by atoms with Crippen LogP contribution in [0.4, 0.5) is 27.6 Å². The molecule has 3 atom stereocenters. The molecule has 0 bridgehead atoms. The lowest BCUT2D eigenvalue weighted by atomic mass is 9.97. The van der Waals surface area contributed by atoms with E-state index < -0.39 is 47.3 Å². The molecular weight excluding hydrogens is 507 g/mol. The standard InChI is InChI=1S/C27H31F5N4O2/c1-15(18-5-2-6-19(23(18)28)24(29)30)33-25(38)20-14-36(27(8-9-27)26(31)32)22(37)13-21(20)34-16-7-11-35-10-3-4-17(35)12-16/h2,5-6,13-17,24,26,34H,3-4,7-12H2,1H3,(H,33,38)/t15-,16-,17+/m1/s1. The average Bonchev–Trinajstić information content (AvgIpc) is 3.55. The Morgan fingerprint density at radius 2 is 1.84 bits per heavy atom. The van der Waals surface area contributed by atoms with Crippen molar-refractivity contribution in [2.45, 2.75) is 82.0 Å². The minimum absolute atomic E-state index is 0.0151. The first-order valence-electron chi connectivity index (χ1n) is 13.0. The smallest absolute Gasteiger partial charge is 0.266 e. The third-order valence-electron chi connectivity index (χ3n) is 8.23. The highest BCUT2D eigenvalue weighted by molar-refractivity contribution is 5.99. The SMILES string of the molecule is C[C@@H](NC(=O)c1cn(C2(C(F)F)CC2)c(=O)cc1N[C@@H]1CCN2CCC[C@H]2C1)c1cccc(C(F)F)c1F. The predicted octanol–water partition coefficient (Wildman–Crippen LogP) is 5.21. The fraction of sp³-hybridized carbons (Fsp3) is 0.556. The molecule has 1 aliphatic carbocycles. The molecule has 0 spiro atoms. The molecule has 1 amide bonds. The van der Waals surface area contributed by atoms with Crippen molar-refractivity contribution in [1.29, 1.82) is 0 Å². The minimum atomic E-state index is -3.02. The largest absolute Gasteiger partial charge is 0.381 e. The molecule has 1 saturated carbocycles. The molecule has 3 aliphatic rings. The second kappa shape index (κ2) is 10.3. The Balaban J connectivity index is 1.45. The van der Waals surface area contributed by atoms with Crippen molar-refractivity contribution in [1.82, 2.24) is 14.8 Å². The zero-order chi connectivity index (χ0) is 27.2. The topological polar surface area (TPSA) is 66.4 Å². The van der Waals surface area contributed by atoms with E-state index in [1.165, 1.54) is 25.1 Å². The number of hydrogen-bond donors (Lipinski definition) is 2. The van der Waals surface area contributed by atoms with Crippen LogP contribution in [0.1, 0.15) is 79.4 Å². The van der Waals surface area contributed by atoms with Gasteiger partial charge in [0.1, 0.15) is 11.4 Å². The lowest BCUT2D eigenvalue weighted by molar-refractivity contribution is 0.0648. The van der Waals surface area contributed by atoms with Crippen LogP contribution < -0.4 is 16.2 Å². The van der Waals surface area contributed by atoms with Gasteiger partial charge in [-0.2, -0.15) is 0 Å². The van der Waals surface area contributed by atoms with Gasteiger partial charge in [0.25, 0.3) is 24.3 Å². The van der Waals surface area contributed by atoms with Crippen LogP contribution in [0, 0.1) is 5.82 Å². The van der Waals surface area contributed by atoms with E-state index in [0.717, 1.165) is 55.6 Å². The molecule has 2 aliphatic heterocycles. The van der Waals surface area contributed by atoms with Crippen molar-refractivity contribution in [2.75, 3.05) is 18.4 Å². The maximum Gasteiger partial charge on any atom is 0.266 e. The second-order valence-electron chi connectivity index (χ2n) is 10.7. The molecule has 0 radical (unpaired) electrons. The average molecular weight is 539 g/mol. The Morgan fingerprint density at radius 3 is 2.53 bits per heavy atom. The van der Waals surface area contributed by atoms with Crippen molar-refractivity contribution >= 4 is 11.6 Å². The summed E-state index contributed by atoms with van der Waals surface area (Å²) in [4.78, 5) is 28.8. The molecular formula is C27H31F5N4O2. The Kier molecular flexibility index (Phi) is 7.23. The number of fused-ring (bicyclic) bond motifs is 1. The van der Waals surface area contributed by atoms with Crippen molar-refractivity contribution in [3.05, 3.63) is 63.3 Å². The van der Waals surface area contributed by atoms with Gasteiger partial charge < -0.3 is 20.1 Å². The van der Waals surface area contributed by atoms with Crippen molar-refractivity contribution < 1.29 is 26.7 Å². The first-order chi connectivity index (χ1) is 18.1. The summed E-state index contributed by atoms with van der Waals surface area (Å²) in [6.07, 6.45) is -0.609. The molecule has 38 heavy (non-hydrogen) atoms. The van der Waals surface area contributed by atoms with E-state index in [9.17, 15) is 31.5 Å². The van der Waals surface area contributed by atoms with E-state index in [1.54, 1.807) is 0 Å². The molecule has 206 valence electrons. The van der Waals surface area contributed by atoms with Gasteiger partial charge in [-0.3, -0.25) is 9.59 Å². The van der Waals surface area contributed by atoms with Crippen LogP contribution >= 0.6 is 0 Å². The zero-order valence-corrected chi connectivity index (χ0v) is 21.0. The number of hydrogen-bond acceptors (Lipinski definition) is 4. The summed E-state index contributed by atoms with van der Waals surface area (Å²) in [5.41, 5.74) is -2.99. The molecule has 3 heterocycles. The first kappa shape index (κ1) is 26.6. The number of rotatable bonds is 8. The van der Waals surface area contributed by atoms with Gasteiger partial charge >= 0.3 is 0 Å². The van der Waals surface area contributed by atoms with Gasteiger partial charge in [0.05, 0.1) is 22.9 Å². The molecule has 2 saturated heterocycles. The maximum absolute atomic E-state index is 14.7. The van der Waals surface area contributed by atoms with Gasteiger partial charge in [-0.05, 0) is 52.0 Å². The molecule has 0 unspecified atom stereocenters. The van der Waals surface area contributed by atoms with Gasteiger partial charge in [-0.15, -0.1) is 0 Å². The maximum atomic E-state index is 14.7. The van der Waals surface area contributed by atoms with Crippen LogP contribution in [0.3, 0.4) is 0 Å². The van der Waals surface area contributed by atoms with Gasteiger partial charge in [0.15, 0.2) is 0 Å². The number of halogens is 5. The third kappa shape index (κ3) is 4.92. The lowest BCUT2D eigenvalue weighted by Crippen LogP contribution is -2.43. The summed E-state index contributed by atoms with van der Waals surface area (Å²) < 4.78 is 69.8. The fourth-order valence-electron chi connectivity index (χ4n) is 5.87. The molecule has 2 aromatic rings. The Hall–Kier alpha value is -2.95. The van der Waals surface area contributed by atoms with Crippen molar-refractivity contribution in [3.63, 3.8) is 0 Å². The van der Waals surface area contributed by atoms with E-state index in [0.29, 0.717) is 6.04 Å². The van der Waals surface area contributed by atoms with Crippen LogP contribution in [-0.2, 0) is 5.54 Å². The highest BCUT2D eigenvalue weighted by atomic mass is 19.3. The molecule has 11 heteroatoms.